The molecule has 1 unspecified atom stereocenters. The summed E-state index contributed by atoms with van der Waals surface area (Å²) in [5, 5.41) is 13.7. The lowest BCUT2D eigenvalue weighted by atomic mass is 10.1. The van der Waals surface area contributed by atoms with Gasteiger partial charge >= 0.3 is 5.97 Å². The molecule has 0 aliphatic rings. The molecule has 2 aromatic rings. The van der Waals surface area contributed by atoms with E-state index in [1.165, 1.54) is 17.6 Å². The predicted molar refractivity (Wildman–Crippen MR) is 73.6 cm³/mol. The Kier molecular flexibility index (Phi) is 4.52. The number of rotatable bonds is 6. The number of nitrogens with zero attached hydrogens (tertiary/aromatic N) is 1. The van der Waals surface area contributed by atoms with E-state index in [2.05, 4.69) is 10.3 Å². The summed E-state index contributed by atoms with van der Waals surface area (Å²) >= 11 is 1.30. The minimum Gasteiger partial charge on any atom is -0.481 e. The Hall–Kier alpha value is -2.15. The van der Waals surface area contributed by atoms with Crippen molar-refractivity contribution in [2.24, 2.45) is 5.92 Å². The van der Waals surface area contributed by atoms with E-state index in [9.17, 15) is 9.59 Å². The van der Waals surface area contributed by atoms with Crippen molar-refractivity contribution >= 4 is 23.2 Å². The number of amides is 1. The molecule has 0 aromatic carbocycles. The largest absolute Gasteiger partial charge is 0.481 e. The maximum Gasteiger partial charge on any atom is 0.308 e. The number of carbonyl (C=O) groups is 2. The number of carbonyl (C=O) groups excluding carboxylic acids is 1. The molecule has 0 saturated heterocycles. The maximum atomic E-state index is 11.9. The molecule has 106 valence electrons. The fourth-order valence-corrected chi connectivity index (χ4v) is 2.37. The van der Waals surface area contributed by atoms with Gasteiger partial charge in [-0.1, -0.05) is 6.92 Å². The van der Waals surface area contributed by atoms with Crippen LogP contribution in [0.1, 0.15) is 23.8 Å². The van der Waals surface area contributed by atoms with Crippen molar-refractivity contribution in [3.8, 4) is 10.8 Å². The average Bonchev–Trinajstić information content (AvgIpc) is 3.09. The van der Waals surface area contributed by atoms with E-state index in [1.54, 1.807) is 24.4 Å². The third-order valence-electron chi connectivity index (χ3n) is 2.82. The Morgan fingerprint density at radius 1 is 1.55 bits per heavy atom. The highest BCUT2D eigenvalue weighted by Crippen LogP contribution is 2.23. The van der Waals surface area contributed by atoms with E-state index < -0.39 is 11.9 Å². The molecule has 2 aromatic heterocycles. The van der Waals surface area contributed by atoms with Gasteiger partial charge in [0.2, 0.25) is 0 Å². The van der Waals surface area contributed by atoms with Crippen LogP contribution in [0.4, 0.5) is 0 Å². The van der Waals surface area contributed by atoms with Crippen LogP contribution >= 0.6 is 11.3 Å². The number of thiazole rings is 1. The molecule has 1 atom stereocenters. The SMILES string of the molecule is CCC(CNC(=O)c1csc(-c2ccco2)n1)C(=O)O. The minimum atomic E-state index is -0.914. The summed E-state index contributed by atoms with van der Waals surface area (Å²) in [5.41, 5.74) is 0.265. The van der Waals surface area contributed by atoms with Crippen LogP contribution < -0.4 is 5.32 Å². The van der Waals surface area contributed by atoms with Crippen molar-refractivity contribution in [2.75, 3.05) is 6.54 Å². The number of hydrogen-bond donors (Lipinski definition) is 2. The Bertz CT molecular complexity index is 591. The number of aromatic nitrogens is 1. The number of carboxylic acids is 1. The third-order valence-corrected chi connectivity index (χ3v) is 3.68. The number of nitrogens with one attached hydrogen (secondary N) is 1. The molecule has 0 fully saturated rings. The molecular formula is C13H14N2O4S. The first kappa shape index (κ1) is 14.3. The van der Waals surface area contributed by atoms with Gasteiger partial charge in [0.1, 0.15) is 5.69 Å². The van der Waals surface area contributed by atoms with E-state index >= 15 is 0 Å². The summed E-state index contributed by atoms with van der Waals surface area (Å²) < 4.78 is 5.20. The summed E-state index contributed by atoms with van der Waals surface area (Å²) in [6.45, 7) is 1.86. The van der Waals surface area contributed by atoms with Gasteiger partial charge in [0.05, 0.1) is 12.2 Å². The highest BCUT2D eigenvalue weighted by Gasteiger charge is 2.18. The van der Waals surface area contributed by atoms with Crippen molar-refractivity contribution in [3.05, 3.63) is 29.5 Å². The second-order valence-corrected chi connectivity index (χ2v) is 5.03. The van der Waals surface area contributed by atoms with Gasteiger partial charge in [-0.2, -0.15) is 0 Å². The predicted octanol–water partition coefficient (Wildman–Crippen LogP) is 2.24. The molecule has 7 heteroatoms. The molecular weight excluding hydrogens is 280 g/mol. The average molecular weight is 294 g/mol. The molecule has 0 bridgehead atoms. The van der Waals surface area contributed by atoms with E-state index in [4.69, 9.17) is 9.52 Å². The van der Waals surface area contributed by atoms with Crippen LogP contribution in [-0.4, -0.2) is 28.5 Å². The van der Waals surface area contributed by atoms with Crippen LogP contribution in [0.3, 0.4) is 0 Å². The number of carboxylic acid groups (broad SMARTS) is 1. The highest BCUT2D eigenvalue weighted by atomic mass is 32.1. The Morgan fingerprint density at radius 2 is 2.35 bits per heavy atom. The van der Waals surface area contributed by atoms with Crippen LogP contribution in [0.25, 0.3) is 10.8 Å². The summed E-state index contributed by atoms with van der Waals surface area (Å²) in [6, 6.07) is 3.51. The van der Waals surface area contributed by atoms with Gasteiger partial charge in [0.15, 0.2) is 10.8 Å². The quantitative estimate of drug-likeness (QED) is 0.852. The van der Waals surface area contributed by atoms with Gasteiger partial charge in [-0.15, -0.1) is 11.3 Å². The monoisotopic (exact) mass is 294 g/mol. The summed E-state index contributed by atoms with van der Waals surface area (Å²) in [6.07, 6.45) is 2.00. The molecule has 2 rings (SSSR count). The first-order chi connectivity index (χ1) is 9.61. The van der Waals surface area contributed by atoms with Gasteiger partial charge in [0, 0.05) is 11.9 Å². The molecule has 2 heterocycles. The molecule has 6 nitrogen and oxygen atoms in total. The lowest BCUT2D eigenvalue weighted by Crippen LogP contribution is -2.32. The van der Waals surface area contributed by atoms with Crippen LogP contribution in [0.5, 0.6) is 0 Å². The van der Waals surface area contributed by atoms with Crippen LogP contribution in [0.2, 0.25) is 0 Å². The van der Waals surface area contributed by atoms with Gasteiger partial charge in [-0.25, -0.2) is 4.98 Å². The van der Waals surface area contributed by atoms with Crippen LogP contribution in [0.15, 0.2) is 28.2 Å². The normalized spacial score (nSPS) is 12.1. The second kappa shape index (κ2) is 6.33. The van der Waals surface area contributed by atoms with Gasteiger partial charge in [-0.3, -0.25) is 9.59 Å². The van der Waals surface area contributed by atoms with Crippen molar-refractivity contribution < 1.29 is 19.1 Å². The van der Waals surface area contributed by atoms with E-state index in [1.807, 2.05) is 0 Å². The molecule has 0 spiro atoms. The van der Waals surface area contributed by atoms with E-state index in [0.29, 0.717) is 17.2 Å². The number of furan rings is 1. The van der Waals surface area contributed by atoms with Crippen molar-refractivity contribution in [2.45, 2.75) is 13.3 Å². The molecule has 0 radical (unpaired) electrons. The Morgan fingerprint density at radius 3 is 2.95 bits per heavy atom. The van der Waals surface area contributed by atoms with Crippen molar-refractivity contribution in [1.29, 1.82) is 0 Å². The maximum absolute atomic E-state index is 11.9. The fraction of sp³-hybridized carbons (Fsp3) is 0.308. The fourth-order valence-electron chi connectivity index (χ4n) is 1.60. The lowest BCUT2D eigenvalue weighted by molar-refractivity contribution is -0.141. The van der Waals surface area contributed by atoms with E-state index in [0.717, 1.165) is 0 Å². The highest BCUT2D eigenvalue weighted by molar-refractivity contribution is 7.13. The Balaban J connectivity index is 1.98. The van der Waals surface area contributed by atoms with Gasteiger partial charge in [0.25, 0.3) is 5.91 Å². The number of hydrogen-bond acceptors (Lipinski definition) is 5. The topological polar surface area (TPSA) is 92.4 Å². The zero-order valence-corrected chi connectivity index (χ0v) is 11.6. The second-order valence-electron chi connectivity index (χ2n) is 4.17. The molecule has 0 saturated carbocycles. The first-order valence-electron chi connectivity index (χ1n) is 6.12. The zero-order chi connectivity index (χ0) is 14.5. The summed E-state index contributed by atoms with van der Waals surface area (Å²) in [4.78, 5) is 26.9. The van der Waals surface area contributed by atoms with Crippen molar-refractivity contribution in [3.63, 3.8) is 0 Å². The van der Waals surface area contributed by atoms with Gasteiger partial charge < -0.3 is 14.8 Å². The molecule has 0 aliphatic heterocycles. The summed E-state index contributed by atoms with van der Waals surface area (Å²) in [7, 11) is 0. The Labute approximate surface area is 119 Å². The number of aliphatic carboxylic acids is 1. The molecule has 20 heavy (non-hydrogen) atoms. The third kappa shape index (κ3) is 3.24. The lowest BCUT2D eigenvalue weighted by Gasteiger charge is -2.09. The molecule has 0 aliphatic carbocycles. The standard InChI is InChI=1S/C13H14N2O4S/c1-2-8(13(17)18)6-14-11(16)9-7-20-12(15-9)10-4-3-5-19-10/h3-5,7-8H,2,6H2,1H3,(H,14,16)(H,17,18). The molecule has 1 amide bonds. The first-order valence-corrected chi connectivity index (χ1v) is 7.00. The van der Waals surface area contributed by atoms with Gasteiger partial charge in [-0.05, 0) is 18.6 Å². The van der Waals surface area contributed by atoms with Crippen molar-refractivity contribution in [1.82, 2.24) is 10.3 Å². The molecule has 2 N–H and O–H groups in total. The zero-order valence-electron chi connectivity index (χ0n) is 10.8. The summed E-state index contributed by atoms with van der Waals surface area (Å²) in [5.74, 6) is -1.27. The van der Waals surface area contributed by atoms with Crippen LogP contribution in [-0.2, 0) is 4.79 Å². The smallest absolute Gasteiger partial charge is 0.308 e. The van der Waals surface area contributed by atoms with E-state index in [-0.39, 0.29) is 18.1 Å². The van der Waals surface area contributed by atoms with Crippen LogP contribution in [0, 0.1) is 5.92 Å². The minimum absolute atomic E-state index is 0.0955.